The number of hydrogen-bond acceptors (Lipinski definition) is 7. The van der Waals surface area contributed by atoms with Gasteiger partial charge in [-0.05, 0) is 19.1 Å². The van der Waals surface area contributed by atoms with Gasteiger partial charge in [0.15, 0.2) is 0 Å². The highest BCUT2D eigenvalue weighted by atomic mass is 32.1. The summed E-state index contributed by atoms with van der Waals surface area (Å²) >= 11 is 1.28. The smallest absolute Gasteiger partial charge is 0.409 e. The average molecular weight is 424 g/mol. The Balaban J connectivity index is 1.73. The first-order valence-electron chi connectivity index (χ1n) is 8.51. The van der Waals surface area contributed by atoms with Crippen LogP contribution in [0.25, 0.3) is 5.52 Å². The molecule has 0 aliphatic heterocycles. The third kappa shape index (κ3) is 3.59. The van der Waals surface area contributed by atoms with Crippen molar-refractivity contribution in [3.63, 3.8) is 0 Å². The number of amides is 1. The van der Waals surface area contributed by atoms with E-state index in [4.69, 9.17) is 9.84 Å². The summed E-state index contributed by atoms with van der Waals surface area (Å²) in [6, 6.07) is 6.27. The number of halogens is 1. The highest BCUT2D eigenvalue weighted by Crippen LogP contribution is 2.34. The first-order valence-corrected chi connectivity index (χ1v) is 9.39. The fourth-order valence-electron chi connectivity index (χ4n) is 2.90. The number of hydrogen-bond donors (Lipinski definition) is 3. The molecular formula is C19H13FN6O3S. The lowest BCUT2D eigenvalue weighted by Gasteiger charge is -2.12. The molecule has 9 nitrogen and oxygen atoms in total. The number of nitriles is 1. The van der Waals surface area contributed by atoms with E-state index in [1.165, 1.54) is 40.4 Å². The van der Waals surface area contributed by atoms with Gasteiger partial charge in [-0.1, -0.05) is 11.3 Å². The minimum absolute atomic E-state index is 0.111. The van der Waals surface area contributed by atoms with Crippen LogP contribution in [0.15, 0.2) is 42.2 Å². The Hall–Kier alpha value is -4.17. The second-order valence-corrected chi connectivity index (χ2v) is 6.96. The number of aromatic nitrogens is 3. The number of ether oxygens (including phenoxy) is 1. The first kappa shape index (κ1) is 19.2. The number of carbonyl (C=O) groups is 1. The largest absolute Gasteiger partial charge is 0.465 e. The van der Waals surface area contributed by atoms with E-state index in [0.717, 1.165) is 0 Å². The summed E-state index contributed by atoms with van der Waals surface area (Å²) < 4.78 is 21.6. The molecule has 0 aliphatic rings. The molecule has 4 rings (SSSR count). The van der Waals surface area contributed by atoms with Crippen molar-refractivity contribution < 1.29 is 19.0 Å². The molecule has 0 aliphatic carbocycles. The Labute approximate surface area is 173 Å². The second kappa shape index (κ2) is 7.69. The summed E-state index contributed by atoms with van der Waals surface area (Å²) in [5, 5.41) is 30.0. The molecule has 1 aromatic carbocycles. The van der Waals surface area contributed by atoms with Crippen molar-refractivity contribution in [2.45, 2.75) is 6.92 Å². The van der Waals surface area contributed by atoms with Gasteiger partial charge in [0.1, 0.15) is 17.6 Å². The maximum absolute atomic E-state index is 14.7. The maximum Gasteiger partial charge on any atom is 0.409 e. The summed E-state index contributed by atoms with van der Waals surface area (Å²) in [6.07, 6.45) is 3.15. The Morgan fingerprint density at radius 2 is 2.23 bits per heavy atom. The van der Waals surface area contributed by atoms with Crippen molar-refractivity contribution in [2.24, 2.45) is 0 Å². The predicted octanol–water partition coefficient (Wildman–Crippen LogP) is 4.74. The number of thiazole rings is 1. The Bertz CT molecular complexity index is 1300. The Kier molecular flexibility index (Phi) is 4.91. The van der Waals surface area contributed by atoms with E-state index >= 15 is 0 Å². The van der Waals surface area contributed by atoms with E-state index in [-0.39, 0.29) is 17.0 Å². The van der Waals surface area contributed by atoms with Gasteiger partial charge < -0.3 is 15.2 Å². The number of benzene rings is 1. The van der Waals surface area contributed by atoms with Gasteiger partial charge in [0.05, 0.1) is 40.5 Å². The summed E-state index contributed by atoms with van der Waals surface area (Å²) in [5.74, 6) is -0.323. The summed E-state index contributed by atoms with van der Waals surface area (Å²) in [4.78, 5) is 15.0. The van der Waals surface area contributed by atoms with Crippen molar-refractivity contribution in [2.75, 3.05) is 10.6 Å². The van der Waals surface area contributed by atoms with E-state index in [0.29, 0.717) is 27.6 Å². The Morgan fingerprint density at radius 3 is 2.90 bits per heavy atom. The van der Waals surface area contributed by atoms with Gasteiger partial charge in [-0.2, -0.15) is 10.4 Å². The number of carboxylic acid groups (broad SMARTS) is 1. The fourth-order valence-corrected chi connectivity index (χ4v) is 3.40. The van der Waals surface area contributed by atoms with Gasteiger partial charge in [0, 0.05) is 23.2 Å². The maximum atomic E-state index is 14.7. The van der Waals surface area contributed by atoms with E-state index in [9.17, 15) is 14.4 Å². The van der Waals surface area contributed by atoms with Crippen LogP contribution in [0.3, 0.4) is 0 Å². The molecule has 1 amide bonds. The number of fused-ring (bicyclic) bond motifs is 1. The molecule has 0 fully saturated rings. The van der Waals surface area contributed by atoms with E-state index < -0.39 is 11.9 Å². The highest BCUT2D eigenvalue weighted by Gasteiger charge is 2.18. The minimum Gasteiger partial charge on any atom is -0.465 e. The van der Waals surface area contributed by atoms with Crippen LogP contribution in [0, 0.1) is 24.1 Å². The highest BCUT2D eigenvalue weighted by molar-refractivity contribution is 7.11. The predicted molar refractivity (Wildman–Crippen MR) is 108 cm³/mol. The second-order valence-electron chi connectivity index (χ2n) is 6.10. The van der Waals surface area contributed by atoms with E-state index in [1.807, 2.05) is 6.07 Å². The van der Waals surface area contributed by atoms with Crippen molar-refractivity contribution in [3.8, 4) is 17.0 Å². The van der Waals surface area contributed by atoms with Crippen LogP contribution in [-0.4, -0.2) is 25.8 Å². The van der Waals surface area contributed by atoms with Gasteiger partial charge >= 0.3 is 6.09 Å². The molecule has 0 saturated carbocycles. The number of rotatable bonds is 5. The quantitative estimate of drug-likeness (QED) is 0.423. The van der Waals surface area contributed by atoms with E-state index in [2.05, 4.69) is 20.7 Å². The minimum atomic E-state index is -1.23. The molecule has 3 N–H and O–H groups in total. The number of aryl methyl sites for hydroxylation is 1. The third-order valence-electron chi connectivity index (χ3n) is 4.23. The standard InChI is InChI=1S/C19H13FN6O3S/c1-10-15(25-18(27)28)9-26-17(10)16(11(7-21)8-23-26)24-14-3-2-12(6-13(14)20)29-19-22-4-5-30-19/h2-6,8-9,24-25H,1H3,(H,27,28). The van der Waals surface area contributed by atoms with Crippen LogP contribution >= 0.6 is 11.3 Å². The molecule has 0 saturated heterocycles. The lowest BCUT2D eigenvalue weighted by atomic mass is 10.1. The molecule has 0 unspecified atom stereocenters. The van der Waals surface area contributed by atoms with Gasteiger partial charge in [-0.25, -0.2) is 18.7 Å². The van der Waals surface area contributed by atoms with Crippen LogP contribution in [0.1, 0.15) is 11.1 Å². The molecule has 3 heterocycles. The Morgan fingerprint density at radius 1 is 1.40 bits per heavy atom. The molecule has 0 atom stereocenters. The summed E-state index contributed by atoms with van der Waals surface area (Å²) in [7, 11) is 0. The number of nitrogens with zero attached hydrogens (tertiary/aromatic N) is 4. The molecule has 30 heavy (non-hydrogen) atoms. The van der Waals surface area contributed by atoms with Crippen LogP contribution in [-0.2, 0) is 0 Å². The lowest BCUT2D eigenvalue weighted by molar-refractivity contribution is 0.209. The van der Waals surface area contributed by atoms with Crippen molar-refractivity contribution in [1.29, 1.82) is 5.26 Å². The molecular weight excluding hydrogens is 411 g/mol. The summed E-state index contributed by atoms with van der Waals surface area (Å²) in [5.41, 5.74) is 1.87. The van der Waals surface area contributed by atoms with E-state index in [1.54, 1.807) is 24.6 Å². The zero-order valence-corrected chi connectivity index (χ0v) is 16.2. The zero-order valence-electron chi connectivity index (χ0n) is 15.4. The van der Waals surface area contributed by atoms with Crippen LogP contribution in [0.2, 0.25) is 0 Å². The van der Waals surface area contributed by atoms with Gasteiger partial charge in [0.2, 0.25) is 0 Å². The van der Waals surface area contributed by atoms with Crippen molar-refractivity contribution >= 4 is 40.0 Å². The monoisotopic (exact) mass is 424 g/mol. The average Bonchev–Trinajstić information content (AvgIpc) is 3.32. The van der Waals surface area contributed by atoms with Gasteiger partial charge in [-0.3, -0.25) is 5.32 Å². The lowest BCUT2D eigenvalue weighted by Crippen LogP contribution is -2.07. The molecule has 0 radical (unpaired) electrons. The van der Waals surface area contributed by atoms with Crippen molar-refractivity contribution in [3.05, 3.63) is 59.1 Å². The molecule has 0 spiro atoms. The van der Waals surface area contributed by atoms with Crippen LogP contribution < -0.4 is 15.4 Å². The van der Waals surface area contributed by atoms with Crippen LogP contribution in [0.5, 0.6) is 10.9 Å². The number of anilines is 3. The SMILES string of the molecule is Cc1c(NC(=O)O)cn2ncc(C#N)c(Nc3ccc(Oc4nccs4)cc3F)c12. The van der Waals surface area contributed by atoms with Gasteiger partial charge in [-0.15, -0.1) is 0 Å². The molecule has 150 valence electrons. The van der Waals surface area contributed by atoms with Gasteiger partial charge in [0.25, 0.3) is 5.19 Å². The number of nitrogens with one attached hydrogen (secondary N) is 2. The third-order valence-corrected chi connectivity index (χ3v) is 4.88. The molecule has 4 aromatic rings. The fraction of sp³-hybridized carbons (Fsp3) is 0.0526. The zero-order chi connectivity index (χ0) is 21.3. The first-order chi connectivity index (χ1) is 14.5. The topological polar surface area (TPSA) is 125 Å². The molecule has 11 heteroatoms. The van der Waals surface area contributed by atoms with Crippen LogP contribution in [0.4, 0.5) is 26.2 Å². The summed E-state index contributed by atoms with van der Waals surface area (Å²) in [6.45, 7) is 1.68. The van der Waals surface area contributed by atoms with Crippen molar-refractivity contribution in [1.82, 2.24) is 14.6 Å². The normalized spacial score (nSPS) is 10.6. The molecule has 3 aromatic heterocycles. The molecule has 0 bridgehead atoms.